The fourth-order valence-electron chi connectivity index (χ4n) is 0.640. The van der Waals surface area contributed by atoms with E-state index >= 15 is 0 Å². The van der Waals surface area contributed by atoms with Gasteiger partial charge in [0.05, 0.1) is 0 Å². The van der Waals surface area contributed by atoms with Crippen molar-refractivity contribution in [3.63, 3.8) is 0 Å². The number of hydrogen-bond acceptors (Lipinski definition) is 0. The maximum atomic E-state index is 4.72. The Labute approximate surface area is 471 Å². The molecule has 0 heterocycles. The second-order valence-electron chi connectivity index (χ2n) is 2.77. The van der Waals surface area contributed by atoms with Crippen molar-refractivity contribution in [2.75, 3.05) is 0 Å². The summed E-state index contributed by atoms with van der Waals surface area (Å²) in [6.07, 6.45) is 28.1. The van der Waals surface area contributed by atoms with E-state index in [2.05, 4.69) is 18.2 Å². The first kappa shape index (κ1) is 90.0. The molecule has 1 aliphatic rings. The molecule has 0 aromatic carbocycles. The number of rotatable bonds is 2. The fourth-order valence-corrected chi connectivity index (χ4v) is 0.640. The topological polar surface area (TPSA) is 0 Å². The first-order valence-electron chi connectivity index (χ1n) is 5.54. The van der Waals surface area contributed by atoms with E-state index in [9.17, 15) is 0 Å². The molecule has 10 radical (unpaired) electrons. The Hall–Kier alpha value is 9.80. The number of allylic oxidation sites excluding steroid dienone is 14. The molecule has 0 aromatic rings. The Bertz CT molecular complexity index is 352. The summed E-state index contributed by atoms with van der Waals surface area (Å²) in [4.78, 5) is 0. The van der Waals surface area contributed by atoms with Crippen LogP contribution in [0.25, 0.3) is 0 Å². The quantitative estimate of drug-likeness (QED) is 0.272. The van der Waals surface area contributed by atoms with Crippen molar-refractivity contribution in [2.45, 2.75) is 6.42 Å². The molecule has 11 heteroatoms. The van der Waals surface area contributed by atoms with Crippen LogP contribution in [-0.4, -0.2) is 0 Å². The standard InChI is InChI=1S/C11H9.2C4H4.CH3.11Y/c1-2-4-6-8-10-11-9-7-5-3-1;2*1-3-4-2;;;;;;;;;;;;/h1-3,6-8,10H,9H2;2*1-4H;1H3;;;;;;;;;;;/q-3;2*-2;-1;;;;;;;;;;;+3. The van der Waals surface area contributed by atoms with Crippen LogP contribution >= 0.6 is 0 Å². The summed E-state index contributed by atoms with van der Waals surface area (Å²) in [6.45, 7) is 18.9. The maximum Gasteiger partial charge on any atom is 3.00 e. The van der Waals surface area contributed by atoms with E-state index in [1.165, 1.54) is 24.3 Å². The zero-order chi connectivity index (χ0) is 14.6. The van der Waals surface area contributed by atoms with E-state index < -0.39 is 0 Å². The van der Waals surface area contributed by atoms with Crippen LogP contribution < -0.4 is 0 Å². The summed E-state index contributed by atoms with van der Waals surface area (Å²) in [5.41, 5.74) is 0. The largest absolute Gasteiger partial charge is 3.00 e. The van der Waals surface area contributed by atoms with Gasteiger partial charge < -0.3 is 58.0 Å². The third kappa shape index (κ3) is 109. The average Bonchev–Trinajstić information content (AvgIpc) is 2.54. The molecule has 0 spiro atoms. The van der Waals surface area contributed by atoms with Crippen LogP contribution in [0.2, 0.25) is 0 Å². The molecule has 0 saturated heterocycles. The Morgan fingerprint density at radius 3 is 1.23 bits per heavy atom. The number of hydrogen-bond donors (Lipinski definition) is 0. The first-order chi connectivity index (χ1) is 9.33. The zero-order valence-corrected chi connectivity index (χ0v) is 49.4. The third-order valence-electron chi connectivity index (χ3n) is 1.35. The van der Waals surface area contributed by atoms with Gasteiger partial charge >= 0.3 is 32.7 Å². The van der Waals surface area contributed by atoms with Crippen molar-refractivity contribution in [1.82, 2.24) is 0 Å². The molecule has 138 valence electrons. The smallest absolute Gasteiger partial charge is 0.394 e. The molecule has 1 aliphatic carbocycles. The monoisotopic (exact) mass is 1240 g/mol. The van der Waals surface area contributed by atoms with E-state index in [1.54, 1.807) is 0 Å². The molecule has 0 aliphatic heterocycles. The van der Waals surface area contributed by atoms with Crippen LogP contribution in [0.4, 0.5) is 0 Å². The molecular weight excluding hydrogens is 1220 g/mol. The predicted molar refractivity (Wildman–Crippen MR) is 88.2 cm³/mol. The van der Waals surface area contributed by atoms with Crippen LogP contribution in [0.5, 0.6) is 0 Å². The molecule has 0 N–H and O–H groups in total. The molecule has 1 rings (SSSR count). The van der Waals surface area contributed by atoms with Crippen LogP contribution in [0.1, 0.15) is 6.42 Å². The van der Waals surface area contributed by atoms with Crippen LogP contribution in [0.3, 0.4) is 0 Å². The molecular formula is C20H20Y11-5. The van der Waals surface area contributed by atoms with E-state index in [0.29, 0.717) is 0 Å². The summed E-state index contributed by atoms with van der Waals surface area (Å²) in [5, 5.41) is 0. The van der Waals surface area contributed by atoms with Gasteiger partial charge in [0.2, 0.25) is 0 Å². The van der Waals surface area contributed by atoms with Crippen molar-refractivity contribution >= 4 is 0 Å². The summed E-state index contributed by atoms with van der Waals surface area (Å²) < 4.78 is 0. The minimum Gasteiger partial charge on any atom is -0.394 e. The summed E-state index contributed by atoms with van der Waals surface area (Å²) >= 11 is 0. The molecule has 31 heavy (non-hydrogen) atoms. The van der Waals surface area contributed by atoms with Crippen molar-refractivity contribution in [3.05, 3.63) is 119 Å². The molecule has 0 fully saturated rings. The van der Waals surface area contributed by atoms with Gasteiger partial charge in [-0.3, -0.25) is 12.2 Å². The van der Waals surface area contributed by atoms with Crippen molar-refractivity contribution in [3.8, 4) is 0 Å². The van der Waals surface area contributed by atoms with Gasteiger partial charge in [-0.1, -0.05) is 0 Å². The van der Waals surface area contributed by atoms with Crippen molar-refractivity contribution in [1.29, 1.82) is 0 Å². The third-order valence-corrected chi connectivity index (χ3v) is 1.35. The van der Waals surface area contributed by atoms with E-state index in [0.717, 1.165) is 6.42 Å². The van der Waals surface area contributed by atoms with Gasteiger partial charge in [0.25, 0.3) is 0 Å². The summed E-state index contributed by atoms with van der Waals surface area (Å²) in [6, 6.07) is 0. The Morgan fingerprint density at radius 2 is 0.871 bits per heavy atom. The molecule has 0 unspecified atom stereocenters. The SMILES string of the molecule is [C-]1=CC=C[C-]=CC[C-]=CC=C1.[CH-]=CC=[CH-].[CH-]=CC=[CH-].[CH3-].[Y+3].[Y].[Y].[Y].[Y].[Y].[Y].[Y].[Y].[Y].[Y]. The van der Waals surface area contributed by atoms with E-state index in [1.807, 2.05) is 42.5 Å². The van der Waals surface area contributed by atoms with Gasteiger partial charge in [0.1, 0.15) is 0 Å². The zero-order valence-electron chi connectivity index (χ0n) is 18.2. The average molecular weight is 1240 g/mol. The molecule has 0 atom stereocenters. The van der Waals surface area contributed by atoms with Gasteiger partial charge in [-0.15, -0.1) is 6.42 Å². The van der Waals surface area contributed by atoms with Gasteiger partial charge in [0.15, 0.2) is 0 Å². The molecule has 0 nitrogen and oxygen atoms in total. The molecule has 0 amide bonds. The molecule has 0 bridgehead atoms. The van der Waals surface area contributed by atoms with Gasteiger partial charge in [-0.25, -0.2) is 36.5 Å². The second-order valence-corrected chi connectivity index (χ2v) is 2.77. The van der Waals surface area contributed by atoms with Crippen LogP contribution in [-0.2, 0) is 360 Å². The predicted octanol–water partition coefficient (Wildman–Crippen LogP) is 4.93. The van der Waals surface area contributed by atoms with Crippen LogP contribution in [0, 0.1) is 52.0 Å². The minimum atomic E-state index is 0. The van der Waals surface area contributed by atoms with Crippen molar-refractivity contribution in [2.24, 2.45) is 0 Å². The first-order valence-corrected chi connectivity index (χ1v) is 5.54. The van der Waals surface area contributed by atoms with Gasteiger partial charge in [-0.2, -0.15) is 12.2 Å². The second kappa shape index (κ2) is 97.4. The normalized spacial score (nSPS) is 7.23. The minimum absolute atomic E-state index is 0. The summed E-state index contributed by atoms with van der Waals surface area (Å²) in [5.74, 6) is 0. The maximum absolute atomic E-state index is 4.72. The summed E-state index contributed by atoms with van der Waals surface area (Å²) in [7, 11) is 0. The van der Waals surface area contributed by atoms with Gasteiger partial charge in [-0.05, 0) is 0 Å². The fraction of sp³-hybridized carbons (Fsp3) is 0.0500. The van der Waals surface area contributed by atoms with Crippen LogP contribution in [0.15, 0.2) is 66.8 Å². The Morgan fingerprint density at radius 1 is 0.548 bits per heavy atom. The Kier molecular flexibility index (Phi) is 283. The Balaban J connectivity index is -0.0000000109. The molecule has 0 aromatic heterocycles. The molecule has 0 saturated carbocycles. The van der Waals surface area contributed by atoms with Gasteiger partial charge in [0, 0.05) is 327 Å². The van der Waals surface area contributed by atoms with E-state index in [-0.39, 0.29) is 367 Å². The van der Waals surface area contributed by atoms with Crippen molar-refractivity contribution < 1.29 is 360 Å². The van der Waals surface area contributed by atoms with E-state index in [4.69, 9.17) is 26.3 Å².